The minimum absolute atomic E-state index is 0.0324. The van der Waals surface area contributed by atoms with Crippen molar-refractivity contribution in [3.63, 3.8) is 0 Å². The van der Waals surface area contributed by atoms with Gasteiger partial charge in [0.2, 0.25) is 10.0 Å². The Labute approximate surface area is 172 Å². The van der Waals surface area contributed by atoms with Gasteiger partial charge < -0.3 is 10.6 Å². The Kier molecular flexibility index (Phi) is 6.85. The van der Waals surface area contributed by atoms with Crippen LogP contribution >= 0.6 is 0 Å². The molecule has 8 nitrogen and oxygen atoms in total. The summed E-state index contributed by atoms with van der Waals surface area (Å²) in [5.41, 5.74) is 1.08. The molecule has 3 N–H and O–H groups in total. The summed E-state index contributed by atoms with van der Waals surface area (Å²) >= 11 is 0. The summed E-state index contributed by atoms with van der Waals surface area (Å²) in [6, 6.07) is 9.80. The first kappa shape index (κ1) is 21.5. The number of sulfonamides is 1. The molecule has 1 aromatic carbocycles. The number of halogens is 2. The van der Waals surface area contributed by atoms with Crippen LogP contribution in [-0.2, 0) is 15.8 Å². The van der Waals surface area contributed by atoms with E-state index in [-0.39, 0.29) is 18.7 Å². The highest BCUT2D eigenvalue weighted by atomic mass is 32.2. The summed E-state index contributed by atoms with van der Waals surface area (Å²) in [6.45, 7) is 2.26. The maximum Gasteiger partial charge on any atom is 0.215 e. The highest BCUT2D eigenvalue weighted by molar-refractivity contribution is 7.88. The van der Waals surface area contributed by atoms with E-state index < -0.39 is 27.4 Å². The fraction of sp³-hybridized carbons (Fsp3) is 0.211. The number of hydrogen-bond donors (Lipinski definition) is 3. The summed E-state index contributed by atoms with van der Waals surface area (Å²) in [6.07, 6.45) is 1.73. The Balaban J connectivity index is 1.45. The summed E-state index contributed by atoms with van der Waals surface area (Å²) in [5.74, 6) is -0.547. The largest absolute Gasteiger partial charge is 0.367 e. The standard InChI is InChI=1S/C19H20F2N6O2S/c1-13-2-3-17(23-11-13)25-19-5-4-18(26-27-19)22-6-7-24-30(28,29)12-14-8-15(20)10-16(21)9-14/h2-5,8-11,24H,6-7,12H2,1H3,(H,22,26)(H,23,25,27). The first-order valence-corrected chi connectivity index (χ1v) is 10.6. The molecule has 11 heteroatoms. The van der Waals surface area contributed by atoms with E-state index >= 15 is 0 Å². The van der Waals surface area contributed by atoms with E-state index in [0.29, 0.717) is 23.5 Å². The van der Waals surface area contributed by atoms with Gasteiger partial charge in [-0.15, -0.1) is 10.2 Å². The summed E-state index contributed by atoms with van der Waals surface area (Å²) < 4.78 is 52.8. The molecule has 0 saturated carbocycles. The molecule has 0 spiro atoms. The van der Waals surface area contributed by atoms with Gasteiger partial charge in [-0.25, -0.2) is 26.9 Å². The van der Waals surface area contributed by atoms with Crippen LogP contribution in [-0.4, -0.2) is 36.7 Å². The Morgan fingerprint density at radius 3 is 2.20 bits per heavy atom. The highest BCUT2D eigenvalue weighted by Crippen LogP contribution is 2.13. The van der Waals surface area contributed by atoms with Crippen LogP contribution in [0.2, 0.25) is 0 Å². The normalized spacial score (nSPS) is 11.3. The van der Waals surface area contributed by atoms with Gasteiger partial charge in [-0.2, -0.15) is 0 Å². The number of pyridine rings is 1. The average Bonchev–Trinajstić information content (AvgIpc) is 2.67. The molecule has 3 aromatic rings. The third-order valence-electron chi connectivity index (χ3n) is 3.86. The van der Waals surface area contributed by atoms with Crippen molar-refractivity contribution in [3.8, 4) is 0 Å². The van der Waals surface area contributed by atoms with Gasteiger partial charge in [-0.1, -0.05) is 6.07 Å². The molecule has 0 unspecified atom stereocenters. The molecule has 0 fully saturated rings. The lowest BCUT2D eigenvalue weighted by molar-refractivity contribution is 0.575. The lowest BCUT2D eigenvalue weighted by Crippen LogP contribution is -2.30. The maximum absolute atomic E-state index is 13.2. The summed E-state index contributed by atoms with van der Waals surface area (Å²) in [5, 5.41) is 14.0. The molecule has 30 heavy (non-hydrogen) atoms. The zero-order chi connectivity index (χ0) is 21.6. The van der Waals surface area contributed by atoms with Gasteiger partial charge in [0.25, 0.3) is 0 Å². The van der Waals surface area contributed by atoms with Gasteiger partial charge in [-0.3, -0.25) is 0 Å². The molecular weight excluding hydrogens is 414 g/mol. The fourth-order valence-electron chi connectivity index (χ4n) is 2.53. The lowest BCUT2D eigenvalue weighted by Gasteiger charge is -2.09. The van der Waals surface area contributed by atoms with Gasteiger partial charge in [0.05, 0.1) is 5.75 Å². The number of anilines is 3. The minimum atomic E-state index is -3.74. The molecule has 0 aliphatic heterocycles. The van der Waals surface area contributed by atoms with E-state index in [9.17, 15) is 17.2 Å². The van der Waals surface area contributed by atoms with E-state index in [2.05, 4.69) is 30.5 Å². The Hall–Kier alpha value is -3.18. The molecule has 0 saturated heterocycles. The van der Waals surface area contributed by atoms with Crippen LogP contribution in [0.25, 0.3) is 0 Å². The molecule has 0 bridgehead atoms. The van der Waals surface area contributed by atoms with Gasteiger partial charge in [0.15, 0.2) is 5.82 Å². The first-order chi connectivity index (χ1) is 14.3. The Bertz CT molecular complexity index is 1070. The Morgan fingerprint density at radius 2 is 1.57 bits per heavy atom. The van der Waals surface area contributed by atoms with E-state index in [0.717, 1.165) is 17.7 Å². The van der Waals surface area contributed by atoms with Crippen molar-refractivity contribution in [2.24, 2.45) is 0 Å². The van der Waals surface area contributed by atoms with Gasteiger partial charge >= 0.3 is 0 Å². The quantitative estimate of drug-likeness (QED) is 0.444. The number of aromatic nitrogens is 3. The lowest BCUT2D eigenvalue weighted by atomic mass is 10.2. The van der Waals surface area contributed by atoms with Gasteiger partial charge in [0.1, 0.15) is 23.3 Å². The fourth-order valence-corrected chi connectivity index (χ4v) is 3.65. The monoisotopic (exact) mass is 434 g/mol. The molecule has 0 aliphatic carbocycles. The van der Waals surface area contributed by atoms with Gasteiger partial charge in [-0.05, 0) is 48.4 Å². The molecule has 158 valence electrons. The van der Waals surface area contributed by atoms with Crippen LogP contribution in [0.3, 0.4) is 0 Å². The van der Waals surface area contributed by atoms with E-state index in [1.807, 2.05) is 19.1 Å². The Morgan fingerprint density at radius 1 is 0.900 bits per heavy atom. The minimum Gasteiger partial charge on any atom is -0.367 e. The molecule has 0 amide bonds. The average molecular weight is 434 g/mol. The van der Waals surface area contributed by atoms with Crippen molar-refractivity contribution in [1.29, 1.82) is 0 Å². The topological polar surface area (TPSA) is 109 Å². The van der Waals surface area contributed by atoms with Gasteiger partial charge in [0, 0.05) is 25.4 Å². The zero-order valence-corrected chi connectivity index (χ0v) is 16.9. The molecule has 3 rings (SSSR count). The van der Waals surface area contributed by atoms with Crippen LogP contribution in [0.4, 0.5) is 26.2 Å². The highest BCUT2D eigenvalue weighted by Gasteiger charge is 2.12. The van der Waals surface area contributed by atoms with Crippen LogP contribution < -0.4 is 15.4 Å². The number of benzene rings is 1. The van der Waals surface area contributed by atoms with Crippen molar-refractivity contribution in [2.45, 2.75) is 12.7 Å². The second-order valence-electron chi connectivity index (χ2n) is 6.51. The van der Waals surface area contributed by atoms with Crippen molar-refractivity contribution in [3.05, 3.63) is 71.4 Å². The predicted octanol–water partition coefficient (Wildman–Crippen LogP) is 2.73. The number of aryl methyl sites for hydroxylation is 1. The van der Waals surface area contributed by atoms with Crippen LogP contribution in [0.15, 0.2) is 48.7 Å². The third-order valence-corrected chi connectivity index (χ3v) is 5.22. The van der Waals surface area contributed by atoms with Crippen molar-refractivity contribution >= 4 is 27.5 Å². The maximum atomic E-state index is 13.2. The SMILES string of the molecule is Cc1ccc(Nc2ccc(NCCNS(=O)(=O)Cc3cc(F)cc(F)c3)nn2)nc1. The smallest absolute Gasteiger partial charge is 0.215 e. The van der Waals surface area contributed by atoms with Crippen LogP contribution in [0.5, 0.6) is 0 Å². The van der Waals surface area contributed by atoms with Crippen LogP contribution in [0, 0.1) is 18.6 Å². The van der Waals surface area contributed by atoms with E-state index in [4.69, 9.17) is 0 Å². The molecule has 2 heterocycles. The molecular formula is C19H20F2N6O2S. The summed E-state index contributed by atoms with van der Waals surface area (Å²) in [7, 11) is -3.74. The second-order valence-corrected chi connectivity index (χ2v) is 8.31. The first-order valence-electron chi connectivity index (χ1n) is 8.99. The third kappa shape index (κ3) is 6.71. The number of rotatable bonds is 9. The molecule has 0 aliphatic rings. The van der Waals surface area contributed by atoms with Crippen molar-refractivity contribution in [2.75, 3.05) is 23.7 Å². The predicted molar refractivity (Wildman–Crippen MR) is 110 cm³/mol. The molecule has 0 radical (unpaired) electrons. The van der Waals surface area contributed by atoms with E-state index in [1.54, 1.807) is 18.3 Å². The van der Waals surface area contributed by atoms with Crippen LogP contribution in [0.1, 0.15) is 11.1 Å². The number of nitrogens with zero attached hydrogens (tertiary/aromatic N) is 3. The van der Waals surface area contributed by atoms with Crippen molar-refractivity contribution in [1.82, 2.24) is 19.9 Å². The molecule has 0 atom stereocenters. The summed E-state index contributed by atoms with van der Waals surface area (Å²) in [4.78, 5) is 4.22. The van der Waals surface area contributed by atoms with E-state index in [1.165, 1.54) is 0 Å². The van der Waals surface area contributed by atoms with Crippen molar-refractivity contribution < 1.29 is 17.2 Å². The zero-order valence-electron chi connectivity index (χ0n) is 16.1. The molecule has 2 aromatic heterocycles. The second kappa shape index (κ2) is 9.55. The number of nitrogens with one attached hydrogen (secondary N) is 3. The number of hydrogen-bond acceptors (Lipinski definition) is 7.